The van der Waals surface area contributed by atoms with Gasteiger partial charge in [-0.15, -0.1) is 10.2 Å². The third-order valence-corrected chi connectivity index (χ3v) is 2.35. The number of hydrogen-bond donors (Lipinski definition) is 0. The molecule has 0 amide bonds. The van der Waals surface area contributed by atoms with Crippen LogP contribution in [0.3, 0.4) is 0 Å². The van der Waals surface area contributed by atoms with Gasteiger partial charge in [0.25, 0.3) is 0 Å². The number of halogens is 1. The van der Waals surface area contributed by atoms with Crippen molar-refractivity contribution in [1.82, 2.24) is 19.7 Å². The Kier molecular flexibility index (Phi) is 2.58. The Hall–Kier alpha value is -1.23. The summed E-state index contributed by atoms with van der Waals surface area (Å²) in [5.41, 5.74) is 0.971. The highest BCUT2D eigenvalue weighted by molar-refractivity contribution is 9.10. The molecule has 0 saturated carbocycles. The smallest absolute Gasteiger partial charge is 0.165 e. The Balaban J connectivity index is 2.49. The highest BCUT2D eigenvalue weighted by Gasteiger charge is 2.05. The van der Waals surface area contributed by atoms with E-state index in [1.165, 1.54) is 0 Å². The van der Waals surface area contributed by atoms with Crippen molar-refractivity contribution < 1.29 is 0 Å². The van der Waals surface area contributed by atoms with E-state index in [-0.39, 0.29) is 0 Å². The molecule has 0 aliphatic rings. The standard InChI is InChI=1S/C9H9BrN4/c1-2-14-6-12-13-9(14)7-3-8(10)5-11-4-7/h3-6H,2H2,1H3. The molecule has 0 fully saturated rings. The average molecular weight is 253 g/mol. The zero-order valence-electron chi connectivity index (χ0n) is 7.68. The molecule has 2 rings (SSSR count). The van der Waals surface area contributed by atoms with Crippen molar-refractivity contribution in [2.24, 2.45) is 0 Å². The summed E-state index contributed by atoms with van der Waals surface area (Å²) in [7, 11) is 0. The van der Waals surface area contributed by atoms with Crippen LogP contribution in [-0.4, -0.2) is 19.7 Å². The van der Waals surface area contributed by atoms with Gasteiger partial charge in [0, 0.05) is 29.0 Å². The molecule has 0 radical (unpaired) electrons. The first-order valence-electron chi connectivity index (χ1n) is 4.30. The maximum Gasteiger partial charge on any atom is 0.165 e. The molecular weight excluding hydrogens is 244 g/mol. The molecule has 72 valence electrons. The second kappa shape index (κ2) is 3.88. The van der Waals surface area contributed by atoms with E-state index < -0.39 is 0 Å². The van der Waals surface area contributed by atoms with Crippen molar-refractivity contribution in [3.8, 4) is 11.4 Å². The van der Waals surface area contributed by atoms with Crippen LogP contribution in [0, 0.1) is 0 Å². The second-order valence-corrected chi connectivity index (χ2v) is 3.75. The maximum absolute atomic E-state index is 4.09. The predicted molar refractivity (Wildman–Crippen MR) is 56.6 cm³/mol. The normalized spacial score (nSPS) is 10.4. The summed E-state index contributed by atoms with van der Waals surface area (Å²) in [6.45, 7) is 2.91. The lowest BCUT2D eigenvalue weighted by Gasteiger charge is -2.02. The lowest BCUT2D eigenvalue weighted by Crippen LogP contribution is -1.96. The highest BCUT2D eigenvalue weighted by Crippen LogP contribution is 2.19. The zero-order chi connectivity index (χ0) is 9.97. The molecule has 0 N–H and O–H groups in total. The van der Waals surface area contributed by atoms with Crippen molar-refractivity contribution in [3.05, 3.63) is 29.3 Å². The van der Waals surface area contributed by atoms with Crippen molar-refractivity contribution in [3.63, 3.8) is 0 Å². The van der Waals surface area contributed by atoms with Crippen LogP contribution in [0.5, 0.6) is 0 Å². The topological polar surface area (TPSA) is 43.6 Å². The number of nitrogens with zero attached hydrogens (tertiary/aromatic N) is 4. The molecule has 14 heavy (non-hydrogen) atoms. The van der Waals surface area contributed by atoms with E-state index >= 15 is 0 Å². The minimum atomic E-state index is 0.848. The lowest BCUT2D eigenvalue weighted by atomic mass is 10.3. The van der Waals surface area contributed by atoms with Gasteiger partial charge in [-0.25, -0.2) is 0 Å². The van der Waals surface area contributed by atoms with E-state index in [2.05, 4.69) is 38.0 Å². The minimum absolute atomic E-state index is 0.848. The van der Waals surface area contributed by atoms with Crippen LogP contribution >= 0.6 is 15.9 Å². The first-order valence-corrected chi connectivity index (χ1v) is 5.09. The molecule has 0 saturated heterocycles. The largest absolute Gasteiger partial charge is 0.314 e. The molecule has 0 aliphatic heterocycles. The van der Waals surface area contributed by atoms with Gasteiger partial charge in [-0.1, -0.05) is 0 Å². The molecule has 0 unspecified atom stereocenters. The summed E-state index contributed by atoms with van der Waals surface area (Å²) >= 11 is 3.37. The van der Waals surface area contributed by atoms with Crippen LogP contribution in [0.2, 0.25) is 0 Å². The lowest BCUT2D eigenvalue weighted by molar-refractivity contribution is 0.766. The number of hydrogen-bond acceptors (Lipinski definition) is 3. The van der Waals surface area contributed by atoms with E-state index in [4.69, 9.17) is 0 Å². The van der Waals surface area contributed by atoms with Gasteiger partial charge in [0.1, 0.15) is 6.33 Å². The first-order chi connectivity index (χ1) is 6.81. The van der Waals surface area contributed by atoms with Crippen molar-refractivity contribution in [2.75, 3.05) is 0 Å². The summed E-state index contributed by atoms with van der Waals surface area (Å²) in [6.07, 6.45) is 5.24. The molecule has 0 atom stereocenters. The van der Waals surface area contributed by atoms with Crippen molar-refractivity contribution >= 4 is 15.9 Å². The molecule has 5 heteroatoms. The molecule has 0 aliphatic carbocycles. The quantitative estimate of drug-likeness (QED) is 0.823. The summed E-state index contributed by atoms with van der Waals surface area (Å²) in [5.74, 6) is 0.848. The predicted octanol–water partition coefficient (Wildman–Crippen LogP) is 2.12. The molecule has 0 aromatic carbocycles. The fourth-order valence-corrected chi connectivity index (χ4v) is 1.61. The molecule has 0 bridgehead atoms. The van der Waals surface area contributed by atoms with E-state index in [1.807, 2.05) is 10.6 Å². The second-order valence-electron chi connectivity index (χ2n) is 2.83. The van der Waals surface area contributed by atoms with Crippen LogP contribution in [0.15, 0.2) is 29.3 Å². The van der Waals surface area contributed by atoms with Gasteiger partial charge in [-0.05, 0) is 28.9 Å². The maximum atomic E-state index is 4.09. The summed E-state index contributed by atoms with van der Waals surface area (Å²) in [5, 5.41) is 7.92. The molecule has 2 aromatic heterocycles. The Labute approximate surface area is 90.1 Å². The molecule has 4 nitrogen and oxygen atoms in total. The van der Waals surface area contributed by atoms with Gasteiger partial charge in [0.05, 0.1) is 0 Å². The Morgan fingerprint density at radius 2 is 2.29 bits per heavy atom. The minimum Gasteiger partial charge on any atom is -0.314 e. The number of rotatable bonds is 2. The Bertz CT molecular complexity index is 438. The molecule has 0 spiro atoms. The number of pyridine rings is 1. The van der Waals surface area contributed by atoms with E-state index in [1.54, 1.807) is 18.7 Å². The average Bonchev–Trinajstić information content (AvgIpc) is 2.65. The molecular formula is C9H9BrN4. The fourth-order valence-electron chi connectivity index (χ4n) is 1.24. The third-order valence-electron chi connectivity index (χ3n) is 1.92. The number of aromatic nitrogens is 4. The monoisotopic (exact) mass is 252 g/mol. The van der Waals surface area contributed by atoms with Crippen molar-refractivity contribution in [1.29, 1.82) is 0 Å². The van der Waals surface area contributed by atoms with Gasteiger partial charge in [-0.2, -0.15) is 0 Å². The molecule has 2 aromatic rings. The highest BCUT2D eigenvalue weighted by atomic mass is 79.9. The third kappa shape index (κ3) is 1.68. The van der Waals surface area contributed by atoms with Crippen LogP contribution in [0.4, 0.5) is 0 Å². The Morgan fingerprint density at radius 1 is 1.43 bits per heavy atom. The van der Waals surface area contributed by atoms with Gasteiger partial charge >= 0.3 is 0 Å². The SMILES string of the molecule is CCn1cnnc1-c1cncc(Br)c1. The zero-order valence-corrected chi connectivity index (χ0v) is 9.27. The molecule has 2 heterocycles. The van der Waals surface area contributed by atoms with Gasteiger partial charge < -0.3 is 4.57 Å². The van der Waals surface area contributed by atoms with Crippen LogP contribution in [-0.2, 0) is 6.54 Å². The van der Waals surface area contributed by atoms with Crippen LogP contribution < -0.4 is 0 Å². The van der Waals surface area contributed by atoms with Crippen LogP contribution in [0.25, 0.3) is 11.4 Å². The fraction of sp³-hybridized carbons (Fsp3) is 0.222. The number of aryl methyl sites for hydroxylation is 1. The van der Waals surface area contributed by atoms with Crippen LogP contribution in [0.1, 0.15) is 6.92 Å². The first kappa shape index (κ1) is 9.33. The van der Waals surface area contributed by atoms with Gasteiger partial charge in [0.15, 0.2) is 5.82 Å². The van der Waals surface area contributed by atoms with E-state index in [9.17, 15) is 0 Å². The van der Waals surface area contributed by atoms with E-state index in [0.29, 0.717) is 0 Å². The van der Waals surface area contributed by atoms with Crippen molar-refractivity contribution in [2.45, 2.75) is 13.5 Å². The van der Waals surface area contributed by atoms with Gasteiger partial charge in [-0.3, -0.25) is 4.98 Å². The van der Waals surface area contributed by atoms with Gasteiger partial charge in [0.2, 0.25) is 0 Å². The Morgan fingerprint density at radius 3 is 3.00 bits per heavy atom. The summed E-state index contributed by atoms with van der Waals surface area (Å²) in [6, 6.07) is 1.98. The summed E-state index contributed by atoms with van der Waals surface area (Å²) < 4.78 is 2.92. The summed E-state index contributed by atoms with van der Waals surface area (Å²) in [4.78, 5) is 4.09. The van der Waals surface area contributed by atoms with E-state index in [0.717, 1.165) is 22.4 Å².